The Labute approximate surface area is 114 Å². The molecule has 1 N–H and O–H groups in total. The molecule has 0 aliphatic rings. The summed E-state index contributed by atoms with van der Waals surface area (Å²) in [5.41, 5.74) is 2.78. The summed E-state index contributed by atoms with van der Waals surface area (Å²) in [7, 11) is 2.04. The number of likely N-dealkylation sites (N-methyl/N-ethyl adjacent to an activating group) is 1. The van der Waals surface area contributed by atoms with E-state index in [-0.39, 0.29) is 0 Å². The lowest BCUT2D eigenvalue weighted by Crippen LogP contribution is -2.18. The minimum atomic E-state index is 0.407. The molecule has 0 radical (unpaired) electrons. The highest BCUT2D eigenvalue weighted by Crippen LogP contribution is 2.23. The van der Waals surface area contributed by atoms with Gasteiger partial charge in [0, 0.05) is 17.3 Å². The number of hydrogen-bond donors (Lipinski definition) is 1. The van der Waals surface area contributed by atoms with Crippen LogP contribution in [0.2, 0.25) is 0 Å². The molecular weight excluding hydrogens is 238 g/mol. The maximum atomic E-state index is 3.41. The average Bonchev–Trinajstić information content (AvgIpc) is 2.89. The quantitative estimate of drug-likeness (QED) is 0.840. The van der Waals surface area contributed by atoms with Crippen molar-refractivity contribution < 1.29 is 0 Å². The largest absolute Gasteiger partial charge is 0.313 e. The predicted molar refractivity (Wildman–Crippen MR) is 80.4 cm³/mol. The number of rotatable bonds is 5. The molecule has 2 aromatic rings. The number of nitrogens with one attached hydrogen (secondary N) is 1. The first-order valence-corrected chi connectivity index (χ1v) is 7.38. The first-order chi connectivity index (χ1) is 8.70. The summed E-state index contributed by atoms with van der Waals surface area (Å²) in [5.74, 6) is 0.601. The monoisotopic (exact) mass is 259 g/mol. The van der Waals surface area contributed by atoms with Crippen molar-refractivity contribution in [1.82, 2.24) is 5.32 Å². The third-order valence-corrected chi connectivity index (χ3v) is 4.24. The lowest BCUT2D eigenvalue weighted by molar-refractivity contribution is 0.596. The molecule has 2 rings (SSSR count). The standard InChI is InChI=1S/C16H21NS/c1-12(2)13-6-8-14(9-7-13)16(17-3)11-15-5-4-10-18-15/h4-10,12,16-17H,11H2,1-3H3. The first-order valence-electron chi connectivity index (χ1n) is 6.50. The van der Waals surface area contributed by atoms with Crippen LogP contribution in [0.1, 0.15) is 41.8 Å². The van der Waals surface area contributed by atoms with Gasteiger partial charge in [-0.25, -0.2) is 0 Å². The molecule has 0 saturated heterocycles. The minimum absolute atomic E-state index is 0.407. The molecule has 1 nitrogen and oxygen atoms in total. The maximum absolute atomic E-state index is 3.41. The zero-order chi connectivity index (χ0) is 13.0. The molecule has 0 saturated carbocycles. The fraction of sp³-hybridized carbons (Fsp3) is 0.375. The van der Waals surface area contributed by atoms with Crippen LogP contribution in [0.5, 0.6) is 0 Å². The van der Waals surface area contributed by atoms with Gasteiger partial charge in [0.25, 0.3) is 0 Å². The fourth-order valence-electron chi connectivity index (χ4n) is 2.13. The van der Waals surface area contributed by atoms with Crippen LogP contribution >= 0.6 is 11.3 Å². The van der Waals surface area contributed by atoms with E-state index in [4.69, 9.17) is 0 Å². The van der Waals surface area contributed by atoms with Crippen LogP contribution in [0.4, 0.5) is 0 Å². The van der Waals surface area contributed by atoms with Gasteiger partial charge in [-0.15, -0.1) is 11.3 Å². The van der Waals surface area contributed by atoms with E-state index in [1.807, 2.05) is 18.4 Å². The SMILES string of the molecule is CNC(Cc1cccs1)c1ccc(C(C)C)cc1. The molecule has 1 heterocycles. The average molecular weight is 259 g/mol. The Hall–Kier alpha value is -1.12. The molecule has 18 heavy (non-hydrogen) atoms. The maximum Gasteiger partial charge on any atom is 0.0366 e. The van der Waals surface area contributed by atoms with E-state index in [9.17, 15) is 0 Å². The lowest BCUT2D eigenvalue weighted by atomic mass is 9.97. The lowest BCUT2D eigenvalue weighted by Gasteiger charge is -2.17. The van der Waals surface area contributed by atoms with Crippen molar-refractivity contribution in [2.24, 2.45) is 0 Å². The van der Waals surface area contributed by atoms with Gasteiger partial charge in [0.2, 0.25) is 0 Å². The van der Waals surface area contributed by atoms with Crippen molar-refractivity contribution in [3.8, 4) is 0 Å². The van der Waals surface area contributed by atoms with E-state index in [1.165, 1.54) is 16.0 Å². The minimum Gasteiger partial charge on any atom is -0.313 e. The zero-order valence-electron chi connectivity index (χ0n) is 11.3. The van der Waals surface area contributed by atoms with Gasteiger partial charge in [0.15, 0.2) is 0 Å². The molecule has 1 aromatic heterocycles. The number of hydrogen-bond acceptors (Lipinski definition) is 2. The van der Waals surface area contributed by atoms with Gasteiger partial charge < -0.3 is 5.32 Å². The molecule has 0 bridgehead atoms. The Morgan fingerprint density at radius 2 is 1.72 bits per heavy atom. The van der Waals surface area contributed by atoms with E-state index in [1.54, 1.807) is 0 Å². The summed E-state index contributed by atoms with van der Waals surface area (Å²) in [5, 5.41) is 5.55. The van der Waals surface area contributed by atoms with Gasteiger partial charge in [-0.05, 0) is 35.5 Å². The van der Waals surface area contributed by atoms with Crippen LogP contribution in [0.25, 0.3) is 0 Å². The Morgan fingerprint density at radius 3 is 2.22 bits per heavy atom. The van der Waals surface area contributed by atoms with Crippen molar-refractivity contribution in [3.05, 3.63) is 57.8 Å². The van der Waals surface area contributed by atoms with Crippen molar-refractivity contribution in [1.29, 1.82) is 0 Å². The molecule has 0 aliphatic carbocycles. The molecule has 0 spiro atoms. The van der Waals surface area contributed by atoms with Crippen LogP contribution < -0.4 is 5.32 Å². The van der Waals surface area contributed by atoms with Crippen molar-refractivity contribution >= 4 is 11.3 Å². The number of benzene rings is 1. The Balaban J connectivity index is 2.12. The molecule has 0 fully saturated rings. The highest BCUT2D eigenvalue weighted by Gasteiger charge is 2.11. The zero-order valence-corrected chi connectivity index (χ0v) is 12.1. The van der Waals surface area contributed by atoms with E-state index >= 15 is 0 Å². The second kappa shape index (κ2) is 6.17. The first kappa shape index (κ1) is 13.3. The molecule has 0 amide bonds. The molecule has 0 aliphatic heterocycles. The van der Waals surface area contributed by atoms with Crippen molar-refractivity contribution in [2.45, 2.75) is 32.2 Å². The van der Waals surface area contributed by atoms with Gasteiger partial charge in [-0.3, -0.25) is 0 Å². The van der Waals surface area contributed by atoms with Crippen LogP contribution in [0.3, 0.4) is 0 Å². The normalized spacial score (nSPS) is 12.9. The summed E-state index contributed by atoms with van der Waals surface area (Å²) in [6.07, 6.45) is 1.06. The smallest absolute Gasteiger partial charge is 0.0366 e. The molecule has 1 atom stereocenters. The Bertz CT molecular complexity index is 456. The van der Waals surface area contributed by atoms with Crippen LogP contribution in [-0.4, -0.2) is 7.05 Å². The third-order valence-electron chi connectivity index (χ3n) is 3.34. The molecule has 1 aromatic carbocycles. The Morgan fingerprint density at radius 1 is 1.06 bits per heavy atom. The van der Waals surface area contributed by atoms with Gasteiger partial charge >= 0.3 is 0 Å². The predicted octanol–water partition coefficient (Wildman–Crippen LogP) is 4.37. The second-order valence-corrected chi connectivity index (χ2v) is 5.98. The van der Waals surface area contributed by atoms with Crippen LogP contribution in [0, 0.1) is 0 Å². The van der Waals surface area contributed by atoms with Crippen LogP contribution in [-0.2, 0) is 6.42 Å². The topological polar surface area (TPSA) is 12.0 Å². The van der Waals surface area contributed by atoms with Gasteiger partial charge in [0.05, 0.1) is 0 Å². The second-order valence-electron chi connectivity index (χ2n) is 4.95. The molecule has 2 heteroatoms. The molecule has 1 unspecified atom stereocenters. The van der Waals surface area contributed by atoms with Crippen molar-refractivity contribution in [2.75, 3.05) is 7.05 Å². The number of thiophene rings is 1. The summed E-state index contributed by atoms with van der Waals surface area (Å²) >= 11 is 1.83. The van der Waals surface area contributed by atoms with E-state index in [0.717, 1.165) is 6.42 Å². The van der Waals surface area contributed by atoms with Gasteiger partial charge in [-0.2, -0.15) is 0 Å². The molecular formula is C16H21NS. The Kier molecular flexibility index (Phi) is 4.56. The summed E-state index contributed by atoms with van der Waals surface area (Å²) < 4.78 is 0. The summed E-state index contributed by atoms with van der Waals surface area (Å²) in [6, 6.07) is 13.7. The highest BCUT2D eigenvalue weighted by molar-refractivity contribution is 7.09. The molecule has 96 valence electrons. The fourth-order valence-corrected chi connectivity index (χ4v) is 2.88. The van der Waals surface area contributed by atoms with Crippen LogP contribution in [0.15, 0.2) is 41.8 Å². The summed E-state index contributed by atoms with van der Waals surface area (Å²) in [4.78, 5) is 1.43. The third kappa shape index (κ3) is 3.21. The van der Waals surface area contributed by atoms with E-state index in [2.05, 4.69) is 60.9 Å². The van der Waals surface area contributed by atoms with Gasteiger partial charge in [-0.1, -0.05) is 44.2 Å². The summed E-state index contributed by atoms with van der Waals surface area (Å²) in [6.45, 7) is 4.46. The van der Waals surface area contributed by atoms with Gasteiger partial charge in [0.1, 0.15) is 0 Å². The highest BCUT2D eigenvalue weighted by atomic mass is 32.1. The van der Waals surface area contributed by atoms with Crippen molar-refractivity contribution in [3.63, 3.8) is 0 Å². The van der Waals surface area contributed by atoms with E-state index in [0.29, 0.717) is 12.0 Å². The van der Waals surface area contributed by atoms with E-state index < -0.39 is 0 Å².